The van der Waals surface area contributed by atoms with Gasteiger partial charge in [-0.2, -0.15) is 0 Å². The van der Waals surface area contributed by atoms with E-state index in [0.717, 1.165) is 16.7 Å². The molecule has 2 amide bonds. The van der Waals surface area contributed by atoms with Crippen LogP contribution in [0.1, 0.15) is 11.5 Å². The van der Waals surface area contributed by atoms with Gasteiger partial charge in [0, 0.05) is 17.1 Å². The molecule has 4 rings (SSSR count). The van der Waals surface area contributed by atoms with Crippen molar-refractivity contribution in [2.24, 2.45) is 0 Å². The summed E-state index contributed by atoms with van der Waals surface area (Å²) >= 11 is 2.33. The molecule has 13 nitrogen and oxygen atoms in total. The molecule has 188 valence electrons. The smallest absolute Gasteiger partial charge is 0.352 e. The summed E-state index contributed by atoms with van der Waals surface area (Å²) < 4.78 is 10.1. The average molecular weight is 535 g/mol. The summed E-state index contributed by atoms with van der Waals surface area (Å²) in [7, 11) is 0. The third kappa shape index (κ3) is 5.36. The number of carboxylic acids is 2. The minimum atomic E-state index is -1.29. The molecule has 1 aromatic carbocycles. The largest absolute Gasteiger partial charge is 0.481 e. The number of hydrogen-bond donors (Lipinski definition) is 3. The van der Waals surface area contributed by atoms with Gasteiger partial charge in [-0.3, -0.25) is 24.1 Å². The van der Waals surface area contributed by atoms with Gasteiger partial charge in [0.05, 0.1) is 6.42 Å². The summed E-state index contributed by atoms with van der Waals surface area (Å²) in [5, 5.41) is 28.0. The summed E-state index contributed by atoms with van der Waals surface area (Å²) in [6.07, 6.45) is -0.567. The van der Waals surface area contributed by atoms with Crippen molar-refractivity contribution in [3.63, 3.8) is 0 Å². The van der Waals surface area contributed by atoms with Crippen LogP contribution in [-0.4, -0.2) is 78.5 Å². The Morgan fingerprint density at radius 1 is 1.25 bits per heavy atom. The second kappa shape index (κ2) is 10.8. The SMILES string of the molecule is O=COc1ccccc1CC(=O)NC1C(=O)N2C(C(=O)O)=C(CSc3nnc(CC(=O)O)o3)CS[C@H]12. The molecule has 36 heavy (non-hydrogen) atoms. The van der Waals surface area contributed by atoms with Gasteiger partial charge in [-0.1, -0.05) is 30.0 Å². The van der Waals surface area contributed by atoms with Crippen LogP contribution < -0.4 is 10.1 Å². The number of β-lactam (4-membered cyclic amide) rings is 1. The molecule has 1 fully saturated rings. The van der Waals surface area contributed by atoms with Crippen LogP contribution in [0.4, 0.5) is 0 Å². The number of hydrogen-bond acceptors (Lipinski definition) is 11. The molecule has 3 heterocycles. The van der Waals surface area contributed by atoms with Crippen LogP contribution in [0.25, 0.3) is 0 Å². The molecule has 2 aromatic rings. The predicted octanol–water partition coefficient (Wildman–Crippen LogP) is 0.305. The van der Waals surface area contributed by atoms with Gasteiger partial charge in [0.15, 0.2) is 0 Å². The molecule has 2 aliphatic heterocycles. The van der Waals surface area contributed by atoms with E-state index in [9.17, 15) is 29.1 Å². The van der Waals surface area contributed by atoms with Crippen LogP contribution in [0.15, 0.2) is 45.2 Å². The molecule has 1 aromatic heterocycles. The van der Waals surface area contributed by atoms with E-state index in [-0.39, 0.29) is 47.0 Å². The quantitative estimate of drug-likeness (QED) is 0.203. The van der Waals surface area contributed by atoms with Crippen molar-refractivity contribution >= 4 is 53.7 Å². The molecule has 1 saturated heterocycles. The van der Waals surface area contributed by atoms with Crippen molar-refractivity contribution in [2.45, 2.75) is 29.5 Å². The normalized spacial score (nSPS) is 18.8. The molecule has 0 radical (unpaired) electrons. The lowest BCUT2D eigenvalue weighted by atomic mass is 10.0. The van der Waals surface area contributed by atoms with E-state index >= 15 is 0 Å². The number of aromatic nitrogens is 2. The van der Waals surface area contributed by atoms with Crippen molar-refractivity contribution < 1.29 is 43.3 Å². The summed E-state index contributed by atoms with van der Waals surface area (Å²) in [6, 6.07) is 5.58. The van der Waals surface area contributed by atoms with Gasteiger partial charge in [0.25, 0.3) is 17.6 Å². The molecular weight excluding hydrogens is 516 g/mol. The maximum absolute atomic E-state index is 12.8. The molecule has 0 saturated carbocycles. The first kappa shape index (κ1) is 25.2. The van der Waals surface area contributed by atoms with E-state index < -0.39 is 41.6 Å². The van der Waals surface area contributed by atoms with E-state index in [0.29, 0.717) is 11.1 Å². The lowest BCUT2D eigenvalue weighted by Gasteiger charge is -2.49. The number of thioether (sulfide) groups is 2. The lowest BCUT2D eigenvalue weighted by Crippen LogP contribution is -2.70. The number of ether oxygens (including phenoxy) is 1. The number of carbonyl (C=O) groups is 5. The fraction of sp³-hybridized carbons (Fsp3) is 0.286. The Hall–Kier alpha value is -3.85. The summed E-state index contributed by atoms with van der Waals surface area (Å²) in [4.78, 5) is 59.9. The van der Waals surface area contributed by atoms with Crippen LogP contribution in [-0.2, 0) is 36.8 Å². The van der Waals surface area contributed by atoms with Crippen molar-refractivity contribution in [1.82, 2.24) is 20.4 Å². The molecule has 0 bridgehead atoms. The minimum absolute atomic E-state index is 0.0765. The lowest BCUT2D eigenvalue weighted by molar-refractivity contribution is -0.150. The number of carbonyl (C=O) groups excluding carboxylic acids is 3. The van der Waals surface area contributed by atoms with Crippen LogP contribution in [0.5, 0.6) is 5.75 Å². The second-order valence-corrected chi connectivity index (χ2v) is 9.56. The monoisotopic (exact) mass is 534 g/mol. The van der Waals surface area contributed by atoms with Crippen molar-refractivity contribution in [3.8, 4) is 5.75 Å². The van der Waals surface area contributed by atoms with Gasteiger partial charge in [0.1, 0.15) is 29.3 Å². The van der Waals surface area contributed by atoms with Crippen LogP contribution in [0.3, 0.4) is 0 Å². The van der Waals surface area contributed by atoms with Gasteiger partial charge in [-0.25, -0.2) is 4.79 Å². The average Bonchev–Trinajstić information content (AvgIpc) is 3.28. The van der Waals surface area contributed by atoms with Gasteiger partial charge in [-0.15, -0.1) is 22.0 Å². The van der Waals surface area contributed by atoms with Gasteiger partial charge in [-0.05, 0) is 11.6 Å². The van der Waals surface area contributed by atoms with E-state index in [1.807, 2.05) is 0 Å². The summed E-state index contributed by atoms with van der Waals surface area (Å²) in [6.45, 7) is 0.256. The molecule has 0 aliphatic carbocycles. The zero-order chi connectivity index (χ0) is 25.8. The molecule has 2 aliphatic rings. The summed E-state index contributed by atoms with van der Waals surface area (Å²) in [5.74, 6) is -2.89. The summed E-state index contributed by atoms with van der Waals surface area (Å²) in [5.41, 5.74) is 0.738. The predicted molar refractivity (Wildman–Crippen MR) is 123 cm³/mol. The Kier molecular flexibility index (Phi) is 7.59. The standard InChI is InChI=1S/C21H18N4O9S2/c26-9-33-12-4-2-1-3-10(12)5-13(27)22-16-18(30)25-17(20(31)32)11(7-35-19(16)25)8-36-21-24-23-14(34-21)6-15(28)29/h1-4,9,16,19H,5-8H2,(H,22,27)(H,28,29)(H,31,32)/t16?,19-/m1/s1. The van der Waals surface area contributed by atoms with E-state index in [4.69, 9.17) is 14.3 Å². The molecule has 15 heteroatoms. The topological polar surface area (TPSA) is 189 Å². The highest BCUT2D eigenvalue weighted by atomic mass is 32.2. The van der Waals surface area contributed by atoms with Crippen molar-refractivity contribution in [1.29, 1.82) is 0 Å². The maximum atomic E-state index is 12.8. The number of fused-ring (bicyclic) bond motifs is 1. The van der Waals surface area contributed by atoms with Gasteiger partial charge in [0.2, 0.25) is 11.8 Å². The van der Waals surface area contributed by atoms with Crippen molar-refractivity contribution in [2.75, 3.05) is 11.5 Å². The number of amides is 2. The van der Waals surface area contributed by atoms with Crippen LogP contribution in [0, 0.1) is 0 Å². The highest BCUT2D eigenvalue weighted by Crippen LogP contribution is 2.41. The number of para-hydroxylation sites is 1. The fourth-order valence-electron chi connectivity index (χ4n) is 3.65. The Labute approximate surface area is 211 Å². The number of rotatable bonds is 11. The molecule has 0 spiro atoms. The first-order chi connectivity index (χ1) is 17.3. The first-order valence-electron chi connectivity index (χ1n) is 10.3. The zero-order valence-corrected chi connectivity index (χ0v) is 19.9. The Balaban J connectivity index is 1.41. The Bertz CT molecular complexity index is 1260. The van der Waals surface area contributed by atoms with Crippen molar-refractivity contribution in [3.05, 3.63) is 47.0 Å². The third-order valence-electron chi connectivity index (χ3n) is 5.19. The third-order valence-corrected chi connectivity index (χ3v) is 7.43. The van der Waals surface area contributed by atoms with E-state index in [1.165, 1.54) is 17.8 Å². The fourth-order valence-corrected chi connectivity index (χ4v) is 5.92. The van der Waals surface area contributed by atoms with Crippen LogP contribution >= 0.6 is 23.5 Å². The molecule has 1 unspecified atom stereocenters. The van der Waals surface area contributed by atoms with Gasteiger partial charge >= 0.3 is 11.9 Å². The van der Waals surface area contributed by atoms with E-state index in [1.54, 1.807) is 18.2 Å². The number of carboxylic acid groups (broad SMARTS) is 2. The second-order valence-electron chi connectivity index (χ2n) is 7.53. The maximum Gasteiger partial charge on any atom is 0.352 e. The highest BCUT2D eigenvalue weighted by Gasteiger charge is 2.54. The molecular formula is C21H18N4O9S2. The molecule has 2 atom stereocenters. The zero-order valence-electron chi connectivity index (χ0n) is 18.3. The Morgan fingerprint density at radius 3 is 2.75 bits per heavy atom. The minimum Gasteiger partial charge on any atom is -0.481 e. The number of benzene rings is 1. The van der Waals surface area contributed by atoms with Gasteiger partial charge < -0.3 is 24.7 Å². The number of aliphatic carboxylic acids is 2. The highest BCUT2D eigenvalue weighted by molar-refractivity contribution is 8.01. The van der Waals surface area contributed by atoms with Crippen LogP contribution in [0.2, 0.25) is 0 Å². The molecule has 3 N–H and O–H groups in total. The number of nitrogens with zero attached hydrogens (tertiary/aromatic N) is 3. The first-order valence-corrected chi connectivity index (χ1v) is 12.4. The number of nitrogens with one attached hydrogen (secondary N) is 1. The van der Waals surface area contributed by atoms with E-state index in [2.05, 4.69) is 15.5 Å². The Morgan fingerprint density at radius 2 is 2.03 bits per heavy atom.